The monoisotopic (exact) mass is 303 g/mol. The molecule has 3 nitrogen and oxygen atoms in total. The third-order valence-corrected chi connectivity index (χ3v) is 3.63. The van der Waals surface area contributed by atoms with Crippen LogP contribution in [0.4, 0.5) is 5.82 Å². The Morgan fingerprint density at radius 2 is 2.44 bits per heavy atom. The fourth-order valence-electron chi connectivity index (χ4n) is 2.05. The summed E-state index contributed by atoms with van der Waals surface area (Å²) in [5, 5.41) is 4.03. The molecule has 1 aromatic heterocycles. The number of pyridine rings is 1. The van der Waals surface area contributed by atoms with Gasteiger partial charge in [0, 0.05) is 29.8 Å². The summed E-state index contributed by atoms with van der Waals surface area (Å²) in [6, 6.07) is 2.43. The highest BCUT2D eigenvalue weighted by Gasteiger charge is 2.21. The highest BCUT2D eigenvalue weighted by molar-refractivity contribution is 9.10. The van der Waals surface area contributed by atoms with Gasteiger partial charge in [-0.3, -0.25) is 0 Å². The number of rotatable bonds is 2. The van der Waals surface area contributed by atoms with Crippen LogP contribution in [-0.4, -0.2) is 31.2 Å². The molecule has 1 fully saturated rings. The molecule has 0 bridgehead atoms. The molecular weight excluding hydrogens is 289 g/mol. The number of nitrogens with one attached hydrogen (secondary N) is 1. The van der Waals surface area contributed by atoms with E-state index in [0.717, 1.165) is 23.4 Å². The molecule has 1 aromatic rings. The number of anilines is 1. The lowest BCUT2D eigenvalue weighted by molar-refractivity contribution is 0.447. The molecule has 2 rings (SSSR count). The van der Waals surface area contributed by atoms with Crippen LogP contribution in [0, 0.1) is 0 Å². The van der Waals surface area contributed by atoms with Gasteiger partial charge in [0.1, 0.15) is 5.82 Å². The molecule has 1 aliphatic heterocycles. The average molecular weight is 305 g/mol. The Hall–Kier alpha value is -0.320. The van der Waals surface area contributed by atoms with Crippen LogP contribution in [0.15, 0.2) is 16.7 Å². The maximum absolute atomic E-state index is 6.20. The maximum Gasteiger partial charge on any atom is 0.147 e. The molecule has 2 heterocycles. The molecule has 88 valence electrons. The molecule has 1 saturated heterocycles. The summed E-state index contributed by atoms with van der Waals surface area (Å²) in [4.78, 5) is 6.64. The minimum Gasteiger partial charge on any atom is -0.354 e. The van der Waals surface area contributed by atoms with Gasteiger partial charge in [0.25, 0.3) is 0 Å². The molecule has 0 aliphatic carbocycles. The number of likely N-dealkylation sites (N-methyl/N-ethyl adjacent to an activating group) is 1. The Labute approximate surface area is 109 Å². The van der Waals surface area contributed by atoms with E-state index < -0.39 is 0 Å². The Morgan fingerprint density at radius 1 is 1.62 bits per heavy atom. The molecule has 1 unspecified atom stereocenters. The van der Waals surface area contributed by atoms with Crippen LogP contribution in [0.5, 0.6) is 0 Å². The summed E-state index contributed by atoms with van der Waals surface area (Å²) in [5.41, 5.74) is 0. The van der Waals surface area contributed by atoms with E-state index in [4.69, 9.17) is 11.6 Å². The molecule has 0 spiro atoms. The zero-order valence-electron chi connectivity index (χ0n) is 9.21. The van der Waals surface area contributed by atoms with Crippen LogP contribution in [-0.2, 0) is 0 Å². The highest BCUT2D eigenvalue weighted by Crippen LogP contribution is 2.28. The lowest BCUT2D eigenvalue weighted by Gasteiger charge is -2.33. The number of hydrogen-bond donors (Lipinski definition) is 1. The van der Waals surface area contributed by atoms with E-state index in [0.29, 0.717) is 11.1 Å². The first kappa shape index (κ1) is 12.1. The maximum atomic E-state index is 6.20. The molecule has 5 heteroatoms. The average Bonchev–Trinajstić information content (AvgIpc) is 2.29. The third-order valence-electron chi connectivity index (χ3n) is 2.92. The van der Waals surface area contributed by atoms with Gasteiger partial charge >= 0.3 is 0 Å². The topological polar surface area (TPSA) is 28.2 Å². The van der Waals surface area contributed by atoms with Gasteiger partial charge < -0.3 is 10.2 Å². The first-order chi connectivity index (χ1) is 7.70. The second kappa shape index (κ2) is 5.34. The normalized spacial score (nSPS) is 21.2. The van der Waals surface area contributed by atoms with E-state index in [1.165, 1.54) is 12.8 Å². The van der Waals surface area contributed by atoms with E-state index in [1.54, 1.807) is 6.20 Å². The minimum atomic E-state index is 0.537. The molecule has 0 aromatic carbocycles. The summed E-state index contributed by atoms with van der Waals surface area (Å²) in [6.45, 7) is 2.01. The van der Waals surface area contributed by atoms with Crippen molar-refractivity contribution in [3.8, 4) is 0 Å². The Bertz CT molecular complexity index is 372. The quantitative estimate of drug-likeness (QED) is 0.910. The van der Waals surface area contributed by atoms with E-state index in [2.05, 4.69) is 31.1 Å². The summed E-state index contributed by atoms with van der Waals surface area (Å²) < 4.78 is 0.920. The van der Waals surface area contributed by atoms with Crippen LogP contribution in [0.3, 0.4) is 0 Å². The van der Waals surface area contributed by atoms with Gasteiger partial charge in [0.05, 0.1) is 5.02 Å². The lowest BCUT2D eigenvalue weighted by Crippen LogP contribution is -2.44. The van der Waals surface area contributed by atoms with Crippen molar-refractivity contribution >= 4 is 33.3 Å². The number of nitrogens with zero attached hydrogens (tertiary/aromatic N) is 2. The summed E-state index contributed by atoms with van der Waals surface area (Å²) in [6.07, 6.45) is 4.20. The molecule has 1 N–H and O–H groups in total. The van der Waals surface area contributed by atoms with Gasteiger partial charge in [-0.25, -0.2) is 4.98 Å². The fourth-order valence-corrected chi connectivity index (χ4v) is 2.79. The SMILES string of the molecule is CNC1CCCN(c2ncc(Br)cc2Cl)C1. The number of halogens is 2. The van der Waals surface area contributed by atoms with Crippen molar-refractivity contribution in [2.75, 3.05) is 25.0 Å². The first-order valence-corrected chi connectivity index (χ1v) is 6.61. The van der Waals surface area contributed by atoms with Gasteiger partial charge in [-0.2, -0.15) is 0 Å². The summed E-state index contributed by atoms with van der Waals surface area (Å²) in [7, 11) is 2.00. The van der Waals surface area contributed by atoms with Crippen molar-refractivity contribution in [2.24, 2.45) is 0 Å². The van der Waals surface area contributed by atoms with Crippen LogP contribution < -0.4 is 10.2 Å². The minimum absolute atomic E-state index is 0.537. The Balaban J connectivity index is 2.16. The van der Waals surface area contributed by atoms with Crippen molar-refractivity contribution in [3.63, 3.8) is 0 Å². The van der Waals surface area contributed by atoms with Crippen molar-refractivity contribution in [2.45, 2.75) is 18.9 Å². The van der Waals surface area contributed by atoms with E-state index >= 15 is 0 Å². The number of aromatic nitrogens is 1. The van der Waals surface area contributed by atoms with Crippen LogP contribution in [0.2, 0.25) is 5.02 Å². The molecular formula is C11H15BrClN3. The van der Waals surface area contributed by atoms with Crippen LogP contribution >= 0.6 is 27.5 Å². The van der Waals surface area contributed by atoms with Crippen molar-refractivity contribution in [1.82, 2.24) is 10.3 Å². The predicted molar refractivity (Wildman–Crippen MR) is 71.2 cm³/mol. The second-order valence-electron chi connectivity index (χ2n) is 4.03. The van der Waals surface area contributed by atoms with E-state index in [1.807, 2.05) is 13.1 Å². The smallest absolute Gasteiger partial charge is 0.147 e. The molecule has 0 radical (unpaired) electrons. The summed E-state index contributed by atoms with van der Waals surface area (Å²) in [5.74, 6) is 0.893. The summed E-state index contributed by atoms with van der Waals surface area (Å²) >= 11 is 9.57. The number of piperidine rings is 1. The van der Waals surface area contributed by atoms with Gasteiger partial charge in [-0.05, 0) is 41.9 Å². The molecule has 1 atom stereocenters. The second-order valence-corrected chi connectivity index (χ2v) is 5.36. The molecule has 0 saturated carbocycles. The molecule has 16 heavy (non-hydrogen) atoms. The first-order valence-electron chi connectivity index (χ1n) is 5.44. The Kier molecular flexibility index (Phi) is 4.05. The Morgan fingerprint density at radius 3 is 3.12 bits per heavy atom. The molecule has 1 aliphatic rings. The van der Waals surface area contributed by atoms with E-state index in [9.17, 15) is 0 Å². The van der Waals surface area contributed by atoms with Gasteiger partial charge in [0.15, 0.2) is 0 Å². The zero-order valence-corrected chi connectivity index (χ0v) is 11.6. The molecule has 0 amide bonds. The largest absolute Gasteiger partial charge is 0.354 e. The predicted octanol–water partition coefficient (Wildman–Crippen LogP) is 2.69. The third kappa shape index (κ3) is 2.67. The fraction of sp³-hybridized carbons (Fsp3) is 0.545. The van der Waals surface area contributed by atoms with Crippen molar-refractivity contribution < 1.29 is 0 Å². The van der Waals surface area contributed by atoms with Gasteiger partial charge in [0.2, 0.25) is 0 Å². The van der Waals surface area contributed by atoms with Gasteiger partial charge in [-0.1, -0.05) is 11.6 Å². The van der Waals surface area contributed by atoms with Crippen LogP contribution in [0.1, 0.15) is 12.8 Å². The highest BCUT2D eigenvalue weighted by atomic mass is 79.9. The van der Waals surface area contributed by atoms with Crippen LogP contribution in [0.25, 0.3) is 0 Å². The van der Waals surface area contributed by atoms with Crippen molar-refractivity contribution in [3.05, 3.63) is 21.8 Å². The van der Waals surface area contributed by atoms with E-state index in [-0.39, 0.29) is 0 Å². The number of hydrogen-bond acceptors (Lipinski definition) is 3. The lowest BCUT2D eigenvalue weighted by atomic mass is 10.1. The zero-order chi connectivity index (χ0) is 11.5. The van der Waals surface area contributed by atoms with Crippen molar-refractivity contribution in [1.29, 1.82) is 0 Å². The van der Waals surface area contributed by atoms with Gasteiger partial charge in [-0.15, -0.1) is 0 Å². The standard InChI is InChI=1S/C11H15BrClN3/c1-14-9-3-2-4-16(7-9)11-10(13)5-8(12)6-15-11/h5-6,9,14H,2-4,7H2,1H3.